The number of nitrogens with zero attached hydrogens (tertiary/aromatic N) is 1. The fourth-order valence-electron chi connectivity index (χ4n) is 2.22. The van der Waals surface area contributed by atoms with E-state index in [1.165, 1.54) is 4.57 Å². The van der Waals surface area contributed by atoms with Gasteiger partial charge in [-0.2, -0.15) is 0 Å². The summed E-state index contributed by atoms with van der Waals surface area (Å²) < 4.78 is 1.33. The number of rotatable bonds is 2. The molecule has 1 aromatic heterocycles. The second kappa shape index (κ2) is 4.62. The van der Waals surface area contributed by atoms with Crippen molar-refractivity contribution in [3.05, 3.63) is 74.9 Å². The average Bonchev–Trinajstić information content (AvgIpc) is 2.48. The van der Waals surface area contributed by atoms with E-state index in [-0.39, 0.29) is 0 Å². The molecule has 0 aliphatic rings. The van der Waals surface area contributed by atoms with E-state index in [1.807, 2.05) is 0 Å². The lowest BCUT2D eigenvalue weighted by molar-refractivity contribution is 0.112. The quantitative estimate of drug-likeness (QED) is 0.714. The predicted molar refractivity (Wildman–Crippen MR) is 75.6 cm³/mol. The van der Waals surface area contributed by atoms with Gasteiger partial charge >= 0.3 is 5.69 Å². The number of H-pyrrole nitrogens is 1. The number of nitrogens with one attached hydrogen (secondary N) is 1. The minimum absolute atomic E-state index is 0.381. The number of aromatic nitrogens is 2. The number of aromatic amines is 1. The summed E-state index contributed by atoms with van der Waals surface area (Å²) in [7, 11) is 0. The van der Waals surface area contributed by atoms with Crippen molar-refractivity contribution in [2.24, 2.45) is 0 Å². The number of fused-ring (bicyclic) bond motifs is 1. The van der Waals surface area contributed by atoms with Gasteiger partial charge in [0.05, 0.1) is 16.6 Å². The highest BCUT2D eigenvalue weighted by atomic mass is 16.2. The highest BCUT2D eigenvalue weighted by Gasteiger charge is 2.11. The molecule has 98 valence electrons. The SMILES string of the molecule is O=Cc1ccccc1-n1c(=O)[nH]c(=O)c2ccccc21. The number of carbonyl (C=O) groups excluding carboxylic acids is 1. The third-order valence-electron chi connectivity index (χ3n) is 3.12. The van der Waals surface area contributed by atoms with Crippen LogP contribution < -0.4 is 11.2 Å². The Morgan fingerprint density at radius 1 is 0.950 bits per heavy atom. The van der Waals surface area contributed by atoms with Gasteiger partial charge in [0.25, 0.3) is 5.56 Å². The second-order valence-electron chi connectivity index (χ2n) is 4.29. The van der Waals surface area contributed by atoms with Gasteiger partial charge in [-0.15, -0.1) is 0 Å². The third kappa shape index (κ3) is 1.76. The van der Waals surface area contributed by atoms with Gasteiger partial charge in [-0.1, -0.05) is 24.3 Å². The predicted octanol–water partition coefficient (Wildman–Crippen LogP) is 1.49. The zero-order valence-electron chi connectivity index (χ0n) is 10.4. The number of benzene rings is 2. The fourth-order valence-corrected chi connectivity index (χ4v) is 2.22. The van der Waals surface area contributed by atoms with Crippen LogP contribution in [0.5, 0.6) is 0 Å². The van der Waals surface area contributed by atoms with Gasteiger partial charge in [-0.25, -0.2) is 4.79 Å². The fraction of sp³-hybridized carbons (Fsp3) is 0. The Bertz CT molecular complexity index is 922. The van der Waals surface area contributed by atoms with Gasteiger partial charge in [0, 0.05) is 5.56 Å². The Morgan fingerprint density at radius 2 is 1.65 bits per heavy atom. The molecule has 3 aromatic rings. The van der Waals surface area contributed by atoms with Gasteiger partial charge in [-0.3, -0.25) is 19.1 Å². The van der Waals surface area contributed by atoms with E-state index in [1.54, 1.807) is 48.5 Å². The van der Waals surface area contributed by atoms with Crippen LogP contribution in [-0.2, 0) is 0 Å². The Hall–Kier alpha value is -2.95. The van der Waals surface area contributed by atoms with Gasteiger partial charge in [-0.05, 0) is 24.3 Å². The van der Waals surface area contributed by atoms with Crippen LogP contribution in [0, 0.1) is 0 Å². The monoisotopic (exact) mass is 266 g/mol. The average molecular weight is 266 g/mol. The minimum atomic E-state index is -0.567. The highest BCUT2D eigenvalue weighted by Crippen LogP contribution is 2.15. The molecule has 1 N–H and O–H groups in total. The van der Waals surface area contributed by atoms with Gasteiger partial charge < -0.3 is 0 Å². The van der Waals surface area contributed by atoms with Crippen LogP contribution in [0.1, 0.15) is 10.4 Å². The maximum absolute atomic E-state index is 12.1. The lowest BCUT2D eigenvalue weighted by Crippen LogP contribution is -2.29. The van der Waals surface area contributed by atoms with Crippen molar-refractivity contribution in [2.45, 2.75) is 0 Å². The van der Waals surface area contributed by atoms with Crippen LogP contribution in [-0.4, -0.2) is 15.8 Å². The van der Waals surface area contributed by atoms with Crippen LogP contribution in [0.25, 0.3) is 16.6 Å². The van der Waals surface area contributed by atoms with E-state index in [0.29, 0.717) is 28.4 Å². The van der Waals surface area contributed by atoms with Crippen LogP contribution in [0.3, 0.4) is 0 Å². The normalized spacial score (nSPS) is 10.6. The lowest BCUT2D eigenvalue weighted by atomic mass is 10.1. The summed E-state index contributed by atoms with van der Waals surface area (Å²) in [5, 5.41) is 0.396. The zero-order valence-corrected chi connectivity index (χ0v) is 10.4. The Balaban J connectivity index is 2.52. The molecular weight excluding hydrogens is 256 g/mol. The molecule has 3 rings (SSSR count). The summed E-state index contributed by atoms with van der Waals surface area (Å²) in [5.41, 5.74) is 0.288. The number of aldehydes is 1. The summed E-state index contributed by atoms with van der Waals surface area (Å²) in [5.74, 6) is 0. The van der Waals surface area contributed by atoms with E-state index >= 15 is 0 Å². The molecule has 0 radical (unpaired) electrons. The van der Waals surface area contributed by atoms with Crippen molar-refractivity contribution < 1.29 is 4.79 Å². The molecule has 0 amide bonds. The Labute approximate surface area is 113 Å². The first-order chi connectivity index (χ1) is 9.72. The topological polar surface area (TPSA) is 71.9 Å². The summed E-state index contributed by atoms with van der Waals surface area (Å²) in [4.78, 5) is 37.3. The van der Waals surface area contributed by atoms with Crippen LogP contribution >= 0.6 is 0 Å². The van der Waals surface area contributed by atoms with E-state index in [0.717, 1.165) is 0 Å². The van der Waals surface area contributed by atoms with Crippen molar-refractivity contribution in [3.8, 4) is 5.69 Å². The lowest BCUT2D eigenvalue weighted by Gasteiger charge is -2.11. The summed E-state index contributed by atoms with van der Waals surface area (Å²) in [6, 6.07) is 13.5. The highest BCUT2D eigenvalue weighted by molar-refractivity contribution is 5.85. The molecule has 5 heteroatoms. The zero-order chi connectivity index (χ0) is 14.1. The summed E-state index contributed by atoms with van der Waals surface area (Å²) in [6.07, 6.45) is 0.682. The second-order valence-corrected chi connectivity index (χ2v) is 4.29. The van der Waals surface area contributed by atoms with Crippen LogP contribution in [0.4, 0.5) is 0 Å². The third-order valence-corrected chi connectivity index (χ3v) is 3.12. The number of hydrogen-bond acceptors (Lipinski definition) is 3. The molecule has 0 spiro atoms. The molecule has 0 aliphatic heterocycles. The van der Waals surface area contributed by atoms with Crippen molar-refractivity contribution in [3.63, 3.8) is 0 Å². The molecule has 2 aromatic carbocycles. The van der Waals surface area contributed by atoms with Crippen LogP contribution in [0.15, 0.2) is 58.1 Å². The number of hydrogen-bond donors (Lipinski definition) is 1. The van der Waals surface area contributed by atoms with Crippen molar-refractivity contribution in [2.75, 3.05) is 0 Å². The van der Waals surface area contributed by atoms with Gasteiger partial charge in [0.15, 0.2) is 6.29 Å². The summed E-state index contributed by atoms with van der Waals surface area (Å²) >= 11 is 0. The minimum Gasteiger partial charge on any atom is -0.298 e. The molecular formula is C15H10N2O3. The summed E-state index contributed by atoms with van der Waals surface area (Å²) in [6.45, 7) is 0. The van der Waals surface area contributed by atoms with E-state index in [4.69, 9.17) is 0 Å². The largest absolute Gasteiger partial charge is 0.333 e. The van der Waals surface area contributed by atoms with Gasteiger partial charge in [0.1, 0.15) is 0 Å². The number of carbonyl (C=O) groups is 1. The Kier molecular flexibility index (Phi) is 2.80. The first-order valence-corrected chi connectivity index (χ1v) is 6.01. The van der Waals surface area contributed by atoms with Crippen molar-refractivity contribution >= 4 is 17.2 Å². The maximum atomic E-state index is 12.1. The molecule has 0 unspecified atom stereocenters. The molecule has 0 saturated heterocycles. The Morgan fingerprint density at radius 3 is 2.45 bits per heavy atom. The number of para-hydroxylation sites is 2. The molecule has 20 heavy (non-hydrogen) atoms. The molecule has 0 saturated carbocycles. The first-order valence-electron chi connectivity index (χ1n) is 6.01. The van der Waals surface area contributed by atoms with E-state index in [9.17, 15) is 14.4 Å². The van der Waals surface area contributed by atoms with Crippen molar-refractivity contribution in [1.29, 1.82) is 0 Å². The molecule has 0 atom stereocenters. The molecule has 1 heterocycles. The molecule has 0 fully saturated rings. The first kappa shape index (κ1) is 12.1. The molecule has 5 nitrogen and oxygen atoms in total. The molecule has 0 aliphatic carbocycles. The maximum Gasteiger partial charge on any atom is 0.333 e. The van der Waals surface area contributed by atoms with E-state index < -0.39 is 11.2 Å². The van der Waals surface area contributed by atoms with E-state index in [2.05, 4.69) is 4.98 Å². The van der Waals surface area contributed by atoms with Crippen LogP contribution in [0.2, 0.25) is 0 Å². The van der Waals surface area contributed by atoms with Crippen molar-refractivity contribution in [1.82, 2.24) is 9.55 Å². The molecule has 0 bridgehead atoms. The smallest absolute Gasteiger partial charge is 0.298 e. The van der Waals surface area contributed by atoms with Gasteiger partial charge in [0.2, 0.25) is 0 Å². The standard InChI is InChI=1S/C15H10N2O3/c18-9-10-5-1-3-7-12(10)17-13-8-4-2-6-11(13)14(19)16-15(17)20/h1-9H,(H,16,19,20).